The molecule has 5 nitrogen and oxygen atoms in total. The molecule has 2 aromatic carbocycles. The van der Waals surface area contributed by atoms with Gasteiger partial charge in [-0.2, -0.15) is 0 Å². The maximum atomic E-state index is 12.8. The third-order valence-electron chi connectivity index (χ3n) is 4.35. The minimum atomic E-state index is -0.614. The molecule has 1 aliphatic rings. The standard InChI is InChI=1S/C20H15FO5/c21-12-4-6-13(7-5-12)24-11-19(22)25-14-8-9-16-15-2-1-3-17(15)20(23)26-18(16)10-14/h4-10H,1-3,11H2. The van der Waals surface area contributed by atoms with Gasteiger partial charge in [-0.15, -0.1) is 0 Å². The molecule has 0 bridgehead atoms. The van der Waals surface area contributed by atoms with Crippen molar-refractivity contribution in [2.24, 2.45) is 0 Å². The minimum absolute atomic E-state index is 0.270. The van der Waals surface area contributed by atoms with E-state index in [1.165, 1.54) is 30.3 Å². The van der Waals surface area contributed by atoms with Crippen LogP contribution in [0.4, 0.5) is 4.39 Å². The van der Waals surface area contributed by atoms with Gasteiger partial charge in [-0.25, -0.2) is 14.0 Å². The van der Waals surface area contributed by atoms with Gasteiger partial charge < -0.3 is 13.9 Å². The van der Waals surface area contributed by atoms with Crippen LogP contribution in [0.3, 0.4) is 0 Å². The molecule has 4 rings (SSSR count). The van der Waals surface area contributed by atoms with Crippen molar-refractivity contribution in [1.82, 2.24) is 0 Å². The summed E-state index contributed by atoms with van der Waals surface area (Å²) in [6, 6.07) is 10.3. The highest BCUT2D eigenvalue weighted by atomic mass is 19.1. The number of halogens is 1. The largest absolute Gasteiger partial charge is 0.482 e. The zero-order valence-corrected chi connectivity index (χ0v) is 13.8. The second-order valence-corrected chi connectivity index (χ2v) is 6.07. The van der Waals surface area contributed by atoms with Crippen molar-refractivity contribution < 1.29 is 23.1 Å². The van der Waals surface area contributed by atoms with Crippen LogP contribution in [0.25, 0.3) is 11.0 Å². The molecule has 3 aromatic rings. The molecule has 1 aromatic heterocycles. The lowest BCUT2D eigenvalue weighted by atomic mass is 10.1. The summed E-state index contributed by atoms with van der Waals surface area (Å²) in [6.45, 7) is -0.322. The Kier molecular flexibility index (Phi) is 4.16. The zero-order valence-electron chi connectivity index (χ0n) is 13.8. The smallest absolute Gasteiger partial charge is 0.349 e. The molecule has 0 unspecified atom stereocenters. The molecule has 26 heavy (non-hydrogen) atoms. The van der Waals surface area contributed by atoms with Gasteiger partial charge in [0, 0.05) is 17.0 Å². The Morgan fingerprint density at radius 1 is 1.04 bits per heavy atom. The Morgan fingerprint density at radius 2 is 1.77 bits per heavy atom. The fourth-order valence-corrected chi connectivity index (χ4v) is 3.16. The van der Waals surface area contributed by atoms with Gasteiger partial charge in [0.1, 0.15) is 22.9 Å². The fraction of sp³-hybridized carbons (Fsp3) is 0.200. The van der Waals surface area contributed by atoms with Crippen LogP contribution in [0.5, 0.6) is 11.5 Å². The molecule has 1 aliphatic carbocycles. The van der Waals surface area contributed by atoms with E-state index in [0.29, 0.717) is 11.3 Å². The van der Waals surface area contributed by atoms with Crippen LogP contribution in [0.15, 0.2) is 51.7 Å². The Balaban J connectivity index is 1.48. The maximum absolute atomic E-state index is 12.8. The molecule has 6 heteroatoms. The second-order valence-electron chi connectivity index (χ2n) is 6.07. The van der Waals surface area contributed by atoms with E-state index in [1.807, 2.05) is 0 Å². The summed E-state index contributed by atoms with van der Waals surface area (Å²) in [6.07, 6.45) is 2.53. The van der Waals surface area contributed by atoms with Crippen molar-refractivity contribution >= 4 is 16.9 Å². The topological polar surface area (TPSA) is 65.7 Å². The lowest BCUT2D eigenvalue weighted by molar-refractivity contribution is -0.136. The van der Waals surface area contributed by atoms with Crippen molar-refractivity contribution in [3.05, 3.63) is 69.8 Å². The van der Waals surface area contributed by atoms with E-state index in [-0.39, 0.29) is 23.8 Å². The number of ether oxygens (including phenoxy) is 2. The molecule has 0 radical (unpaired) electrons. The molecule has 0 aliphatic heterocycles. The molecule has 132 valence electrons. The third-order valence-corrected chi connectivity index (χ3v) is 4.35. The summed E-state index contributed by atoms with van der Waals surface area (Å²) in [5, 5.41) is 0.875. The number of carbonyl (C=O) groups is 1. The Morgan fingerprint density at radius 3 is 2.58 bits per heavy atom. The van der Waals surface area contributed by atoms with E-state index in [2.05, 4.69) is 0 Å². The van der Waals surface area contributed by atoms with Gasteiger partial charge in [0.05, 0.1) is 0 Å². The number of carbonyl (C=O) groups excluding carboxylic acids is 1. The summed E-state index contributed by atoms with van der Waals surface area (Å²) < 4.78 is 28.7. The minimum Gasteiger partial charge on any atom is -0.482 e. The normalized spacial score (nSPS) is 12.8. The molecule has 0 saturated carbocycles. The number of hydrogen-bond donors (Lipinski definition) is 0. The average Bonchev–Trinajstić information content (AvgIpc) is 3.12. The van der Waals surface area contributed by atoms with E-state index in [4.69, 9.17) is 13.9 Å². The van der Waals surface area contributed by atoms with Crippen molar-refractivity contribution in [2.45, 2.75) is 19.3 Å². The first-order valence-electron chi connectivity index (χ1n) is 8.28. The van der Waals surface area contributed by atoms with Gasteiger partial charge >= 0.3 is 11.6 Å². The zero-order chi connectivity index (χ0) is 18.1. The lowest BCUT2D eigenvalue weighted by Gasteiger charge is -2.08. The number of fused-ring (bicyclic) bond motifs is 3. The van der Waals surface area contributed by atoms with Crippen LogP contribution in [-0.4, -0.2) is 12.6 Å². The first-order valence-corrected chi connectivity index (χ1v) is 8.28. The highest BCUT2D eigenvalue weighted by Gasteiger charge is 2.20. The van der Waals surface area contributed by atoms with Gasteiger partial charge in [0.2, 0.25) is 0 Å². The van der Waals surface area contributed by atoms with E-state index in [1.54, 1.807) is 12.1 Å². The highest BCUT2D eigenvalue weighted by Crippen LogP contribution is 2.29. The molecular weight excluding hydrogens is 339 g/mol. The first-order chi connectivity index (χ1) is 12.6. The highest BCUT2D eigenvalue weighted by molar-refractivity contribution is 5.84. The summed E-state index contributed by atoms with van der Waals surface area (Å²) in [5.74, 6) is -0.365. The van der Waals surface area contributed by atoms with Crippen molar-refractivity contribution in [2.75, 3.05) is 6.61 Å². The Labute approximate surface area is 148 Å². The Bertz CT molecular complexity index is 1040. The van der Waals surface area contributed by atoms with Crippen LogP contribution in [-0.2, 0) is 17.6 Å². The number of benzene rings is 2. The maximum Gasteiger partial charge on any atom is 0.349 e. The average molecular weight is 354 g/mol. The van der Waals surface area contributed by atoms with Gasteiger partial charge in [0.25, 0.3) is 0 Å². The molecule has 1 heterocycles. The third kappa shape index (κ3) is 3.18. The van der Waals surface area contributed by atoms with Crippen LogP contribution in [0.2, 0.25) is 0 Å². The first kappa shape index (κ1) is 16.3. The molecule has 0 amide bonds. The number of hydrogen-bond acceptors (Lipinski definition) is 5. The molecule has 0 saturated heterocycles. The molecule has 0 N–H and O–H groups in total. The van der Waals surface area contributed by atoms with Crippen LogP contribution in [0.1, 0.15) is 17.5 Å². The molecule has 0 spiro atoms. The molecule has 0 atom stereocenters. The predicted octanol–water partition coefficient (Wildman–Crippen LogP) is 3.41. The number of aryl methyl sites for hydroxylation is 1. The SMILES string of the molecule is O=C(COc1ccc(F)cc1)Oc1ccc2c3c(c(=O)oc2c1)CCC3. The van der Waals surface area contributed by atoms with Crippen molar-refractivity contribution in [3.8, 4) is 11.5 Å². The lowest BCUT2D eigenvalue weighted by Crippen LogP contribution is -2.17. The van der Waals surface area contributed by atoms with Crippen LogP contribution < -0.4 is 15.1 Å². The summed E-state index contributed by atoms with van der Waals surface area (Å²) >= 11 is 0. The Hall–Kier alpha value is -3.15. The van der Waals surface area contributed by atoms with Gasteiger partial charge in [0.15, 0.2) is 6.61 Å². The molecule has 0 fully saturated rings. The van der Waals surface area contributed by atoms with E-state index >= 15 is 0 Å². The number of esters is 1. The summed E-state index contributed by atoms with van der Waals surface area (Å²) in [4.78, 5) is 24.0. The number of rotatable bonds is 4. The molecular formula is C20H15FO5. The monoisotopic (exact) mass is 354 g/mol. The van der Waals surface area contributed by atoms with E-state index in [0.717, 1.165) is 35.8 Å². The van der Waals surface area contributed by atoms with Crippen molar-refractivity contribution in [3.63, 3.8) is 0 Å². The van der Waals surface area contributed by atoms with Crippen molar-refractivity contribution in [1.29, 1.82) is 0 Å². The second kappa shape index (κ2) is 6.63. The van der Waals surface area contributed by atoms with Crippen LogP contribution in [0, 0.1) is 5.82 Å². The summed E-state index contributed by atoms with van der Waals surface area (Å²) in [7, 11) is 0. The quantitative estimate of drug-likeness (QED) is 0.408. The van der Waals surface area contributed by atoms with E-state index in [9.17, 15) is 14.0 Å². The van der Waals surface area contributed by atoms with E-state index < -0.39 is 5.97 Å². The van der Waals surface area contributed by atoms with Gasteiger partial charge in [-0.05, 0) is 61.2 Å². The summed E-state index contributed by atoms with van der Waals surface area (Å²) in [5.41, 5.74) is 1.84. The van der Waals surface area contributed by atoms with Gasteiger partial charge in [-0.3, -0.25) is 0 Å². The van der Waals surface area contributed by atoms with Gasteiger partial charge in [-0.1, -0.05) is 0 Å². The van der Waals surface area contributed by atoms with Crippen LogP contribution >= 0.6 is 0 Å². The predicted molar refractivity (Wildman–Crippen MR) is 92.0 cm³/mol. The fourth-order valence-electron chi connectivity index (χ4n) is 3.16.